The van der Waals surface area contributed by atoms with Crippen molar-refractivity contribution in [3.8, 4) is 0 Å². The predicted octanol–water partition coefficient (Wildman–Crippen LogP) is 2.89. The van der Waals surface area contributed by atoms with E-state index in [2.05, 4.69) is 17.0 Å². The van der Waals surface area contributed by atoms with Crippen LogP contribution >= 0.6 is 0 Å². The molecule has 0 aliphatic carbocycles. The molecule has 2 N–H and O–H groups in total. The van der Waals surface area contributed by atoms with Crippen LogP contribution in [0.5, 0.6) is 0 Å². The first-order valence-corrected chi connectivity index (χ1v) is 5.91. The standard InChI is InChI=1S/C9H8F3N3O2S/c1-6(15-13)14-7-2-4-8(5-3-7)18(16,17)9(10,11)12/h2-5,13-14H,1H2. The van der Waals surface area contributed by atoms with Crippen molar-refractivity contribution in [1.29, 1.82) is 5.53 Å². The molecule has 0 aromatic heterocycles. The minimum Gasteiger partial charge on any atom is -0.339 e. The first kappa shape index (κ1) is 14.2. The van der Waals surface area contributed by atoms with Crippen LogP contribution in [-0.2, 0) is 9.84 Å². The van der Waals surface area contributed by atoms with E-state index in [4.69, 9.17) is 5.53 Å². The third kappa shape index (κ3) is 2.86. The maximum Gasteiger partial charge on any atom is 0.501 e. The number of nitrogens with zero attached hydrogens (tertiary/aromatic N) is 1. The minimum atomic E-state index is -5.34. The number of anilines is 1. The van der Waals surface area contributed by atoms with Crippen LogP contribution in [0.3, 0.4) is 0 Å². The number of rotatable bonds is 4. The lowest BCUT2D eigenvalue weighted by Gasteiger charge is -2.09. The van der Waals surface area contributed by atoms with Crippen molar-refractivity contribution in [3.05, 3.63) is 36.7 Å². The van der Waals surface area contributed by atoms with Gasteiger partial charge in [0, 0.05) is 5.69 Å². The van der Waals surface area contributed by atoms with Crippen molar-refractivity contribution in [1.82, 2.24) is 0 Å². The van der Waals surface area contributed by atoms with Gasteiger partial charge in [0.25, 0.3) is 9.84 Å². The van der Waals surface area contributed by atoms with Crippen molar-refractivity contribution >= 4 is 15.5 Å². The highest BCUT2D eigenvalue weighted by Gasteiger charge is 2.46. The Morgan fingerprint density at radius 1 is 1.28 bits per heavy atom. The summed E-state index contributed by atoms with van der Waals surface area (Å²) in [4.78, 5) is -0.853. The van der Waals surface area contributed by atoms with E-state index in [1.165, 1.54) is 0 Å². The van der Waals surface area contributed by atoms with E-state index < -0.39 is 20.2 Å². The van der Waals surface area contributed by atoms with Gasteiger partial charge in [-0.1, -0.05) is 6.58 Å². The molecule has 1 rings (SSSR count). The summed E-state index contributed by atoms with van der Waals surface area (Å²) < 4.78 is 58.7. The molecule has 0 spiro atoms. The molecule has 0 radical (unpaired) electrons. The van der Waals surface area contributed by atoms with Gasteiger partial charge in [-0.05, 0) is 24.3 Å². The molecule has 0 aliphatic rings. The number of sulfone groups is 1. The van der Waals surface area contributed by atoms with Crippen molar-refractivity contribution in [3.63, 3.8) is 0 Å². The Bertz CT molecular complexity index is 564. The second kappa shape index (κ2) is 4.77. The van der Waals surface area contributed by atoms with Crippen LogP contribution in [0, 0.1) is 5.53 Å². The molecular formula is C9H8F3N3O2S. The fraction of sp³-hybridized carbons (Fsp3) is 0.111. The zero-order chi connectivity index (χ0) is 14.0. The smallest absolute Gasteiger partial charge is 0.339 e. The SMILES string of the molecule is C=C(N=N)Nc1ccc(S(=O)(=O)C(F)(F)F)cc1. The summed E-state index contributed by atoms with van der Waals surface area (Å²) in [5.41, 5.74) is 1.54. The molecule has 5 nitrogen and oxygen atoms in total. The molecule has 0 fully saturated rings. The van der Waals surface area contributed by atoms with Gasteiger partial charge in [-0.15, -0.1) is 5.11 Å². The normalized spacial score (nSPS) is 11.9. The summed E-state index contributed by atoms with van der Waals surface area (Å²) in [5.74, 6) is -0.0265. The quantitative estimate of drug-likeness (QED) is 0.831. The average molecular weight is 279 g/mol. The lowest BCUT2D eigenvalue weighted by Crippen LogP contribution is -2.23. The van der Waals surface area contributed by atoms with E-state index in [-0.39, 0.29) is 11.5 Å². The maximum absolute atomic E-state index is 12.2. The fourth-order valence-electron chi connectivity index (χ4n) is 1.05. The largest absolute Gasteiger partial charge is 0.501 e. The minimum absolute atomic E-state index is 0.0265. The second-order valence-corrected chi connectivity index (χ2v) is 5.10. The number of hydrogen-bond acceptors (Lipinski definition) is 5. The molecule has 1 aromatic rings. The van der Waals surface area contributed by atoms with Gasteiger partial charge in [0.15, 0.2) is 0 Å². The highest BCUT2D eigenvalue weighted by Crippen LogP contribution is 2.30. The predicted molar refractivity (Wildman–Crippen MR) is 57.6 cm³/mol. The third-order valence-electron chi connectivity index (χ3n) is 1.89. The summed E-state index contributed by atoms with van der Waals surface area (Å²) in [5, 5.41) is 5.42. The maximum atomic E-state index is 12.2. The molecule has 0 unspecified atom stereocenters. The molecular weight excluding hydrogens is 271 g/mol. The van der Waals surface area contributed by atoms with Gasteiger partial charge in [-0.3, -0.25) is 0 Å². The highest BCUT2D eigenvalue weighted by atomic mass is 32.2. The average Bonchev–Trinajstić information content (AvgIpc) is 2.28. The summed E-state index contributed by atoms with van der Waals surface area (Å²) in [6.45, 7) is 3.32. The van der Waals surface area contributed by atoms with Crippen molar-refractivity contribution in [2.45, 2.75) is 10.4 Å². The van der Waals surface area contributed by atoms with Crippen LogP contribution in [0.15, 0.2) is 46.7 Å². The Kier molecular flexibility index (Phi) is 3.75. The Balaban J connectivity index is 3.04. The number of nitrogens with one attached hydrogen (secondary N) is 2. The number of hydrogen-bond donors (Lipinski definition) is 2. The molecule has 1 aromatic carbocycles. The van der Waals surface area contributed by atoms with Gasteiger partial charge < -0.3 is 5.32 Å². The number of halogens is 3. The van der Waals surface area contributed by atoms with Gasteiger partial charge in [-0.2, -0.15) is 13.2 Å². The molecule has 98 valence electrons. The van der Waals surface area contributed by atoms with Crippen LogP contribution in [0.2, 0.25) is 0 Å². The van der Waals surface area contributed by atoms with Crippen LogP contribution in [0.4, 0.5) is 18.9 Å². The highest BCUT2D eigenvalue weighted by molar-refractivity contribution is 7.92. The summed E-state index contributed by atoms with van der Waals surface area (Å²) >= 11 is 0. The van der Waals surface area contributed by atoms with Crippen molar-refractivity contribution in [2.75, 3.05) is 5.32 Å². The second-order valence-electron chi connectivity index (χ2n) is 3.16. The van der Waals surface area contributed by atoms with Crippen LogP contribution in [0.25, 0.3) is 0 Å². The monoisotopic (exact) mass is 279 g/mol. The Labute approximate surface area is 101 Å². The molecule has 9 heteroatoms. The number of alkyl halides is 3. The van der Waals surface area contributed by atoms with E-state index in [0.717, 1.165) is 24.3 Å². The number of benzene rings is 1. The lowest BCUT2D eigenvalue weighted by atomic mass is 10.3. The van der Waals surface area contributed by atoms with Crippen LogP contribution < -0.4 is 5.32 Å². The van der Waals surface area contributed by atoms with Gasteiger partial charge in [0.2, 0.25) is 0 Å². The van der Waals surface area contributed by atoms with E-state index in [1.54, 1.807) is 0 Å². The molecule has 18 heavy (non-hydrogen) atoms. The molecule has 0 amide bonds. The Morgan fingerprint density at radius 2 is 1.78 bits per heavy atom. The van der Waals surface area contributed by atoms with Gasteiger partial charge in [-0.25, -0.2) is 13.9 Å². The topological polar surface area (TPSA) is 82.4 Å². The van der Waals surface area contributed by atoms with Crippen molar-refractivity contribution < 1.29 is 21.6 Å². The first-order chi connectivity index (χ1) is 8.18. The fourth-order valence-corrected chi connectivity index (χ4v) is 1.81. The first-order valence-electron chi connectivity index (χ1n) is 4.43. The molecule has 0 aliphatic heterocycles. The van der Waals surface area contributed by atoms with E-state index in [0.29, 0.717) is 0 Å². The lowest BCUT2D eigenvalue weighted by molar-refractivity contribution is -0.0436. The zero-order valence-electron chi connectivity index (χ0n) is 8.82. The van der Waals surface area contributed by atoms with Gasteiger partial charge in [0.1, 0.15) is 5.82 Å². The van der Waals surface area contributed by atoms with Gasteiger partial charge in [0.05, 0.1) is 4.90 Å². The van der Waals surface area contributed by atoms with E-state index >= 15 is 0 Å². The Hall–Kier alpha value is -1.90. The molecule has 0 atom stereocenters. The van der Waals surface area contributed by atoms with Crippen molar-refractivity contribution in [2.24, 2.45) is 5.11 Å². The molecule has 0 saturated heterocycles. The summed E-state index contributed by atoms with van der Waals surface area (Å²) in [6.07, 6.45) is 0. The van der Waals surface area contributed by atoms with Crippen LogP contribution in [0.1, 0.15) is 0 Å². The van der Waals surface area contributed by atoms with E-state index in [9.17, 15) is 21.6 Å². The summed E-state index contributed by atoms with van der Waals surface area (Å²) in [7, 11) is -5.34. The van der Waals surface area contributed by atoms with Gasteiger partial charge >= 0.3 is 5.51 Å². The molecule has 0 heterocycles. The van der Waals surface area contributed by atoms with Crippen LogP contribution in [-0.4, -0.2) is 13.9 Å². The van der Waals surface area contributed by atoms with E-state index in [1.807, 2.05) is 0 Å². The Morgan fingerprint density at radius 3 is 2.17 bits per heavy atom. The molecule has 0 bridgehead atoms. The summed E-state index contributed by atoms with van der Waals surface area (Å²) in [6, 6.07) is 3.86. The zero-order valence-corrected chi connectivity index (χ0v) is 9.64. The third-order valence-corrected chi connectivity index (χ3v) is 3.40. The molecule has 0 saturated carbocycles.